The number of hydrogen-bond acceptors (Lipinski definition) is 1. The largest absolute Gasteiger partial charge is 0.350 e. The number of nitrogens with one attached hydrogen (secondary N) is 1. The van der Waals surface area contributed by atoms with E-state index in [1.54, 1.807) is 0 Å². The number of benzene rings is 3. The van der Waals surface area contributed by atoms with Gasteiger partial charge in [-0.25, -0.2) is 0 Å². The van der Waals surface area contributed by atoms with E-state index in [1.807, 2.05) is 0 Å². The monoisotopic (exact) mass is 357 g/mol. The van der Waals surface area contributed by atoms with E-state index in [2.05, 4.69) is 72.9 Å². The third kappa shape index (κ3) is 4.05. The van der Waals surface area contributed by atoms with Crippen molar-refractivity contribution in [1.82, 2.24) is 5.32 Å². The molecular weight excluding hydrogens is 330 g/mol. The zero-order chi connectivity index (χ0) is 18.6. The van der Waals surface area contributed by atoms with Crippen LogP contribution in [0, 0.1) is 0 Å². The molecule has 0 aliphatic heterocycles. The van der Waals surface area contributed by atoms with Gasteiger partial charge in [0.25, 0.3) is 0 Å². The summed E-state index contributed by atoms with van der Waals surface area (Å²) in [6.07, 6.45) is 6.23. The smallest absolute Gasteiger partial charge is 0.220 e. The van der Waals surface area contributed by atoms with Crippen LogP contribution in [-0.4, -0.2) is 5.91 Å². The summed E-state index contributed by atoms with van der Waals surface area (Å²) in [6, 6.07) is 21.5. The summed E-state index contributed by atoms with van der Waals surface area (Å²) in [5.74, 6) is 0.119. The fourth-order valence-corrected chi connectivity index (χ4v) is 4.18. The predicted molar refractivity (Wildman–Crippen MR) is 112 cm³/mol. The molecule has 1 N–H and O–H groups in total. The fraction of sp³-hybridized carbons (Fsp3) is 0.320. The van der Waals surface area contributed by atoms with E-state index in [4.69, 9.17) is 0 Å². The Morgan fingerprint density at radius 2 is 1.74 bits per heavy atom. The lowest BCUT2D eigenvalue weighted by atomic mass is 9.89. The van der Waals surface area contributed by atoms with Crippen molar-refractivity contribution in [3.05, 3.63) is 82.9 Å². The molecule has 2 nitrogen and oxygen atoms in total. The van der Waals surface area contributed by atoms with Crippen molar-refractivity contribution in [2.45, 2.75) is 51.5 Å². The highest BCUT2D eigenvalue weighted by molar-refractivity contribution is 5.86. The molecule has 0 saturated carbocycles. The maximum atomic E-state index is 12.5. The molecule has 0 aromatic heterocycles. The molecule has 0 unspecified atom stereocenters. The molecule has 0 spiro atoms. The minimum Gasteiger partial charge on any atom is -0.350 e. The van der Waals surface area contributed by atoms with Crippen LogP contribution >= 0.6 is 0 Å². The Morgan fingerprint density at radius 3 is 2.63 bits per heavy atom. The third-order valence-corrected chi connectivity index (χ3v) is 5.75. The first-order chi connectivity index (χ1) is 13.2. The molecular formula is C25H27NO. The van der Waals surface area contributed by atoms with Crippen molar-refractivity contribution in [2.75, 3.05) is 0 Å². The molecule has 1 aliphatic rings. The minimum absolute atomic E-state index is 0.0530. The molecule has 0 fully saturated rings. The van der Waals surface area contributed by atoms with Gasteiger partial charge in [0.1, 0.15) is 0 Å². The number of rotatable bonds is 5. The number of fused-ring (bicyclic) bond motifs is 2. The van der Waals surface area contributed by atoms with Gasteiger partial charge in [0.15, 0.2) is 0 Å². The zero-order valence-corrected chi connectivity index (χ0v) is 16.0. The van der Waals surface area contributed by atoms with E-state index < -0.39 is 0 Å². The summed E-state index contributed by atoms with van der Waals surface area (Å²) in [5, 5.41) is 5.66. The maximum Gasteiger partial charge on any atom is 0.220 e. The van der Waals surface area contributed by atoms with Crippen LogP contribution in [0.1, 0.15) is 54.5 Å². The summed E-state index contributed by atoms with van der Waals surface area (Å²) in [6.45, 7) is 2.08. The normalized spacial score (nSPS) is 14.6. The standard InChI is InChI=1S/C25H27NO/c1-18(22-14-13-19-7-2-3-9-23(19)17-22)26-25(27)16-15-21-11-6-10-20-8-4-5-12-24(20)21/h4-6,8,10-14,17-18H,2-3,7,9,15-16H2,1H3,(H,26,27)/t18-/m1/s1. The Labute approximate surface area is 161 Å². The fourth-order valence-electron chi connectivity index (χ4n) is 4.18. The Kier molecular flexibility index (Phi) is 5.24. The van der Waals surface area contributed by atoms with Gasteiger partial charge in [-0.05, 0) is 72.1 Å². The van der Waals surface area contributed by atoms with E-state index in [0.29, 0.717) is 6.42 Å². The third-order valence-electron chi connectivity index (χ3n) is 5.75. The lowest BCUT2D eigenvalue weighted by Gasteiger charge is -2.20. The molecule has 1 amide bonds. The molecule has 1 atom stereocenters. The van der Waals surface area contributed by atoms with Gasteiger partial charge >= 0.3 is 0 Å². The summed E-state index contributed by atoms with van der Waals surface area (Å²) in [7, 11) is 0. The molecule has 1 aliphatic carbocycles. The van der Waals surface area contributed by atoms with Gasteiger partial charge in [-0.15, -0.1) is 0 Å². The van der Waals surface area contributed by atoms with Crippen LogP contribution in [0.15, 0.2) is 60.7 Å². The molecule has 3 aromatic rings. The van der Waals surface area contributed by atoms with Crippen molar-refractivity contribution in [3.8, 4) is 0 Å². The van der Waals surface area contributed by atoms with Crippen LogP contribution in [0.25, 0.3) is 10.8 Å². The molecule has 0 saturated heterocycles. The molecule has 0 heterocycles. The first kappa shape index (κ1) is 17.8. The molecule has 0 bridgehead atoms. The number of aryl methyl sites for hydroxylation is 3. The highest BCUT2D eigenvalue weighted by Crippen LogP contribution is 2.25. The summed E-state index contributed by atoms with van der Waals surface area (Å²) < 4.78 is 0. The molecule has 0 radical (unpaired) electrons. The van der Waals surface area contributed by atoms with E-state index in [1.165, 1.54) is 58.7 Å². The average Bonchev–Trinajstić information content (AvgIpc) is 2.71. The van der Waals surface area contributed by atoms with Crippen LogP contribution in [-0.2, 0) is 24.1 Å². The second kappa shape index (κ2) is 7.96. The highest BCUT2D eigenvalue weighted by atomic mass is 16.1. The van der Waals surface area contributed by atoms with Gasteiger partial charge in [0.2, 0.25) is 5.91 Å². The topological polar surface area (TPSA) is 29.1 Å². The molecule has 4 rings (SSSR count). The van der Waals surface area contributed by atoms with E-state index >= 15 is 0 Å². The van der Waals surface area contributed by atoms with Gasteiger partial charge in [-0.3, -0.25) is 4.79 Å². The van der Waals surface area contributed by atoms with Gasteiger partial charge in [0, 0.05) is 6.42 Å². The average molecular weight is 357 g/mol. The Hall–Kier alpha value is -2.61. The van der Waals surface area contributed by atoms with Gasteiger partial charge < -0.3 is 5.32 Å². The Balaban J connectivity index is 1.39. The van der Waals surface area contributed by atoms with E-state index in [0.717, 1.165) is 6.42 Å². The van der Waals surface area contributed by atoms with Crippen molar-refractivity contribution in [1.29, 1.82) is 0 Å². The van der Waals surface area contributed by atoms with Crippen molar-refractivity contribution >= 4 is 16.7 Å². The van der Waals surface area contributed by atoms with Crippen molar-refractivity contribution < 1.29 is 4.79 Å². The number of carbonyl (C=O) groups excluding carboxylic acids is 1. The van der Waals surface area contributed by atoms with Gasteiger partial charge in [0.05, 0.1) is 6.04 Å². The van der Waals surface area contributed by atoms with Crippen LogP contribution in [0.2, 0.25) is 0 Å². The number of carbonyl (C=O) groups is 1. The predicted octanol–water partition coefficient (Wildman–Crippen LogP) is 5.53. The summed E-state index contributed by atoms with van der Waals surface area (Å²) in [4.78, 5) is 12.5. The minimum atomic E-state index is 0.0530. The molecule has 3 aromatic carbocycles. The SMILES string of the molecule is C[C@@H](NC(=O)CCc1cccc2ccccc12)c1ccc2c(c1)CCCC2. The summed E-state index contributed by atoms with van der Waals surface area (Å²) >= 11 is 0. The lowest BCUT2D eigenvalue weighted by Crippen LogP contribution is -2.27. The van der Waals surface area contributed by atoms with Crippen LogP contribution < -0.4 is 5.32 Å². The highest BCUT2D eigenvalue weighted by Gasteiger charge is 2.14. The molecule has 138 valence electrons. The molecule has 27 heavy (non-hydrogen) atoms. The van der Waals surface area contributed by atoms with Crippen LogP contribution in [0.5, 0.6) is 0 Å². The molecule has 2 heteroatoms. The van der Waals surface area contributed by atoms with Crippen LogP contribution in [0.3, 0.4) is 0 Å². The van der Waals surface area contributed by atoms with E-state index in [-0.39, 0.29) is 11.9 Å². The van der Waals surface area contributed by atoms with E-state index in [9.17, 15) is 4.79 Å². The summed E-state index contributed by atoms with van der Waals surface area (Å²) in [5.41, 5.74) is 5.41. The van der Waals surface area contributed by atoms with Crippen LogP contribution in [0.4, 0.5) is 0 Å². The van der Waals surface area contributed by atoms with Gasteiger partial charge in [-0.1, -0.05) is 60.7 Å². The second-order valence-electron chi connectivity index (χ2n) is 7.66. The lowest BCUT2D eigenvalue weighted by molar-refractivity contribution is -0.121. The van der Waals surface area contributed by atoms with Crippen molar-refractivity contribution in [2.24, 2.45) is 0 Å². The second-order valence-corrected chi connectivity index (χ2v) is 7.66. The quantitative estimate of drug-likeness (QED) is 0.639. The number of amides is 1. The number of hydrogen-bond donors (Lipinski definition) is 1. The first-order valence-electron chi connectivity index (χ1n) is 10.1. The van der Waals surface area contributed by atoms with Gasteiger partial charge in [-0.2, -0.15) is 0 Å². The Morgan fingerprint density at radius 1 is 0.963 bits per heavy atom. The van der Waals surface area contributed by atoms with Crippen molar-refractivity contribution in [3.63, 3.8) is 0 Å². The maximum absolute atomic E-state index is 12.5. The zero-order valence-electron chi connectivity index (χ0n) is 16.0. The Bertz CT molecular complexity index is 954. The first-order valence-corrected chi connectivity index (χ1v) is 10.1.